The van der Waals surface area contributed by atoms with Crippen molar-refractivity contribution >= 4 is 62.4 Å². The second kappa shape index (κ2) is 20.5. The number of ether oxygens (including phenoxy) is 1. The smallest absolute Gasteiger partial charge is 0.410 e. The van der Waals surface area contributed by atoms with Crippen LogP contribution in [0.1, 0.15) is 80.2 Å². The number of hydrogen-bond donors (Lipinski definition) is 0. The van der Waals surface area contributed by atoms with Crippen molar-refractivity contribution in [3.63, 3.8) is 0 Å². The largest absolute Gasteiger partial charge is 0.444 e. The van der Waals surface area contributed by atoms with Crippen LogP contribution in [-0.2, 0) is 32.9 Å². The van der Waals surface area contributed by atoms with Crippen molar-refractivity contribution < 1.29 is 10.9 Å². The van der Waals surface area contributed by atoms with Crippen molar-refractivity contribution in [1.29, 1.82) is 0 Å². The predicted molar refractivity (Wildman–Crippen MR) is 293 cm³/mol. The molecule has 2 fully saturated rings. The molecule has 0 unspecified atom stereocenters. The molecule has 0 radical (unpaired) electrons. The first-order valence-corrected chi connectivity index (χ1v) is 24.8. The lowest BCUT2D eigenvalue weighted by Gasteiger charge is -2.24. The number of benzene rings is 2. The fraction of sp³-hybridized carbons (Fsp3) is 0.339. The van der Waals surface area contributed by atoms with Crippen LogP contribution >= 0.6 is 12.4 Å². The van der Waals surface area contributed by atoms with Crippen LogP contribution in [0, 0.1) is 0 Å². The first-order valence-electron chi connectivity index (χ1n) is 25.5. The summed E-state index contributed by atoms with van der Waals surface area (Å²) in [6.07, 6.45) is 19.6. The fourth-order valence-corrected chi connectivity index (χ4v) is 10.3. The number of fused-ring (bicyclic) bond motifs is 6. The Bertz CT molecular complexity index is 3820. The highest BCUT2D eigenvalue weighted by atomic mass is 35.5. The van der Waals surface area contributed by atoms with Crippen molar-refractivity contribution in [3.8, 4) is 44.8 Å². The third-order valence-corrected chi connectivity index (χ3v) is 13.9. The molecule has 9 heterocycles. The van der Waals surface area contributed by atoms with Gasteiger partial charge in [-0.1, -0.05) is 50.9 Å². The molecule has 382 valence electrons. The van der Waals surface area contributed by atoms with Gasteiger partial charge in [0.1, 0.15) is 5.60 Å². The highest BCUT2D eigenvalue weighted by Gasteiger charge is 2.33. The Morgan fingerprint density at radius 1 is 0.608 bits per heavy atom. The number of hydrogen-bond acceptors (Lipinski definition) is 10. The van der Waals surface area contributed by atoms with Gasteiger partial charge in [-0.2, -0.15) is 10.2 Å². The Morgan fingerprint density at radius 3 is 1.49 bits per heavy atom. The summed E-state index contributed by atoms with van der Waals surface area (Å²) >= 11 is 0. The summed E-state index contributed by atoms with van der Waals surface area (Å²) in [6, 6.07) is 20.6. The second-order valence-electron chi connectivity index (χ2n) is 19.8. The fourth-order valence-electron chi connectivity index (χ4n) is 10.3. The third-order valence-electron chi connectivity index (χ3n) is 13.9. The van der Waals surface area contributed by atoms with E-state index in [0.717, 1.165) is 101 Å². The Hall–Kier alpha value is -7.92. The summed E-state index contributed by atoms with van der Waals surface area (Å²) < 4.78 is 22.5. The Balaban J connectivity index is 0.000000175. The number of rotatable bonds is 6. The summed E-state index contributed by atoms with van der Waals surface area (Å²) in [5, 5.41) is 10.4. The van der Waals surface area contributed by atoms with Gasteiger partial charge >= 0.3 is 17.5 Å². The zero-order chi connectivity index (χ0) is 52.0. The number of likely N-dealkylation sites (tertiary alicyclic amines) is 1. The molecule has 17 nitrogen and oxygen atoms in total. The third kappa shape index (κ3) is 9.59. The lowest BCUT2D eigenvalue weighted by Crippen LogP contribution is -2.36. The van der Waals surface area contributed by atoms with Gasteiger partial charge in [0.2, 0.25) is 0 Å². The van der Waals surface area contributed by atoms with E-state index in [2.05, 4.69) is 54.4 Å². The second-order valence-corrected chi connectivity index (χ2v) is 19.8. The van der Waals surface area contributed by atoms with Crippen LogP contribution in [0.3, 0.4) is 0 Å². The Labute approximate surface area is 435 Å². The molecule has 1 aliphatic heterocycles. The quantitative estimate of drug-likeness (QED) is 0.156. The summed E-state index contributed by atoms with van der Waals surface area (Å²) in [4.78, 5) is 59.6. The number of carbonyl (C=O) groups excluding carboxylic acids is 1. The molecule has 0 bridgehead atoms. The topological polar surface area (TPSA) is 171 Å². The van der Waals surface area contributed by atoms with Crippen molar-refractivity contribution in [3.05, 3.63) is 131 Å². The molecule has 2 aromatic carbocycles. The maximum absolute atomic E-state index is 13.5. The lowest BCUT2D eigenvalue weighted by atomic mass is 10.0. The molecule has 1 atom stereocenters. The number of carbonyl (C=O) groups is 1. The van der Waals surface area contributed by atoms with E-state index in [1.54, 1.807) is 49.8 Å². The minimum atomic E-state index is -0.575. The van der Waals surface area contributed by atoms with Crippen molar-refractivity contribution in [2.75, 3.05) is 13.1 Å². The molecular formula is C56H62ClN13O4. The molecule has 1 amide bonds. The van der Waals surface area contributed by atoms with Gasteiger partial charge in [0, 0.05) is 107 Å². The van der Waals surface area contributed by atoms with Crippen molar-refractivity contribution in [1.82, 2.24) is 62.7 Å². The highest BCUT2D eigenvalue weighted by molar-refractivity contribution is 6.05. The summed E-state index contributed by atoms with van der Waals surface area (Å²) in [6.45, 7) is 8.80. The average Bonchev–Trinajstić information content (AvgIpc) is 4.28. The van der Waals surface area contributed by atoms with Crippen LogP contribution < -0.4 is 11.4 Å². The van der Waals surface area contributed by atoms with Gasteiger partial charge in [0.25, 0.3) is 0 Å². The number of nitrogens with zero attached hydrogens (tertiary/aromatic N) is 13. The van der Waals surface area contributed by atoms with E-state index in [1.165, 1.54) is 12.8 Å². The van der Waals surface area contributed by atoms with Crippen LogP contribution in [0.25, 0.3) is 88.6 Å². The Morgan fingerprint density at radius 2 is 1.07 bits per heavy atom. The molecule has 1 aliphatic carbocycles. The summed E-state index contributed by atoms with van der Waals surface area (Å²) in [5.41, 5.74) is 12.2. The van der Waals surface area contributed by atoms with E-state index >= 15 is 0 Å². The minimum Gasteiger partial charge on any atom is -0.444 e. The number of halogens is 1. The summed E-state index contributed by atoms with van der Waals surface area (Å²) in [5.74, 6) is 0. The van der Waals surface area contributed by atoms with E-state index in [-0.39, 0.29) is 42.0 Å². The monoisotopic (exact) mass is 1020 g/mol. The van der Waals surface area contributed by atoms with Crippen LogP contribution in [0.5, 0.6) is 0 Å². The Kier molecular flexibility index (Phi) is 13.8. The lowest BCUT2D eigenvalue weighted by molar-refractivity contribution is 0.0289. The minimum absolute atomic E-state index is 0. The molecule has 1 saturated carbocycles. The van der Waals surface area contributed by atoms with E-state index in [0.29, 0.717) is 26.4 Å². The van der Waals surface area contributed by atoms with E-state index in [9.17, 15) is 14.4 Å². The first-order chi connectivity index (χ1) is 35.6. The molecule has 8 aromatic heterocycles. The van der Waals surface area contributed by atoms with Gasteiger partial charge < -0.3 is 9.64 Å². The predicted octanol–water partition coefficient (Wildman–Crippen LogP) is 10.4. The highest BCUT2D eigenvalue weighted by Crippen LogP contribution is 2.36. The molecular weight excluding hydrogens is 954 g/mol. The maximum atomic E-state index is 13.5. The zero-order valence-electron chi connectivity index (χ0n) is 44.1. The van der Waals surface area contributed by atoms with Crippen LogP contribution in [0.4, 0.5) is 4.79 Å². The molecule has 10 aromatic rings. The summed E-state index contributed by atoms with van der Waals surface area (Å²) in [7, 11) is 7.39. The van der Waals surface area contributed by atoms with Gasteiger partial charge in [0.05, 0.1) is 75.3 Å². The normalized spacial score (nSPS) is 15.0. The number of aryl methyl sites for hydroxylation is 4. The van der Waals surface area contributed by atoms with Gasteiger partial charge in [-0.25, -0.2) is 14.4 Å². The van der Waals surface area contributed by atoms with Gasteiger partial charge in [-0.05, 0) is 87.6 Å². The molecule has 2 aliphatic rings. The van der Waals surface area contributed by atoms with Crippen molar-refractivity contribution in [2.24, 2.45) is 28.2 Å². The van der Waals surface area contributed by atoms with Crippen LogP contribution in [0.15, 0.2) is 120 Å². The molecule has 1 saturated heterocycles. The number of amides is 1. The number of pyridine rings is 4. The van der Waals surface area contributed by atoms with Gasteiger partial charge in [-0.15, -0.1) is 12.4 Å². The molecule has 18 heteroatoms. The molecule has 0 N–H and O–H groups in total. The SMILES string of the molecule is Cl.Cn1cc(-c2ccc(-c3ccc4ncc5c(c4c3)n(C3CCCC3)c(=O)n5C)cn2)cn1.Cn1cc(-c2ccc(-c3ccc4ncc5c(c4c3)n([C@@H]3CCN(C(=O)OC(C)(C)C)C3)c(=O)n5C)cn2)cn1.[2H]CC. The molecule has 12 rings (SSSR count). The average molecular weight is 1020 g/mol. The standard InChI is InChI=1S/C29H31N7O3.C25H24N6O.C2H6.ClH/c1-29(2,3)39-28(38)35-11-10-21(17-35)36-26-22-12-18(6-9-24(22)31-15-25(26)34(5)27(36)37)19-7-8-23(30-13-19)20-14-32-33(4)16-20;1-29-15-18(13-28-29)21-9-8-17(12-26-21)16-7-10-22-20(11-16)24-23(14-27-22)30(2)25(32)31(24)19-5-3-4-6-19;1-2;/h6-9,12-16,21H,10-11,17H2,1-5H3;7-15,19H,3-6H2,1-2H3;1-2H3;1H/t21-;;;/m1.../s1/i;;1D;. The van der Waals surface area contributed by atoms with Crippen LogP contribution in [0.2, 0.25) is 0 Å². The van der Waals surface area contributed by atoms with Gasteiger partial charge in [0.15, 0.2) is 0 Å². The van der Waals surface area contributed by atoms with Gasteiger partial charge in [-0.3, -0.25) is 47.6 Å². The van der Waals surface area contributed by atoms with Crippen LogP contribution in [-0.4, -0.2) is 87.4 Å². The van der Waals surface area contributed by atoms with E-state index < -0.39 is 5.60 Å². The van der Waals surface area contributed by atoms with E-state index in [1.807, 2.05) is 125 Å². The first kappa shape index (κ1) is 49.6. The molecule has 0 spiro atoms. The molecule has 74 heavy (non-hydrogen) atoms. The number of aromatic nitrogens is 12. The van der Waals surface area contributed by atoms with Crippen molar-refractivity contribution in [2.45, 2.75) is 84.4 Å². The maximum Gasteiger partial charge on any atom is 0.410 e. The zero-order valence-corrected chi connectivity index (χ0v) is 43.9. The number of imidazole rings is 2. The van der Waals surface area contributed by atoms with E-state index in [4.69, 9.17) is 6.11 Å².